The van der Waals surface area contributed by atoms with E-state index in [9.17, 15) is 9.18 Å². The van der Waals surface area contributed by atoms with Crippen molar-refractivity contribution < 1.29 is 13.6 Å². The van der Waals surface area contributed by atoms with Crippen LogP contribution in [0.2, 0.25) is 0 Å². The molecule has 0 saturated heterocycles. The zero-order valence-corrected chi connectivity index (χ0v) is 11.9. The molecule has 0 aliphatic rings. The first kappa shape index (κ1) is 13.0. The van der Waals surface area contributed by atoms with Gasteiger partial charge in [-0.15, -0.1) is 0 Å². The van der Waals surface area contributed by atoms with Crippen LogP contribution in [0.1, 0.15) is 16.2 Å². The average Bonchev–Trinajstić information content (AvgIpc) is 2.83. The number of para-hydroxylation sites is 2. The normalized spacial score (nSPS) is 10.9. The van der Waals surface area contributed by atoms with Crippen LogP contribution in [0.4, 0.5) is 4.39 Å². The molecule has 2 aromatic carbocycles. The summed E-state index contributed by atoms with van der Waals surface area (Å²) >= 11 is 3.05. The van der Waals surface area contributed by atoms with Gasteiger partial charge in [0.25, 0.3) is 0 Å². The summed E-state index contributed by atoms with van der Waals surface area (Å²) in [6.45, 7) is 0. The lowest BCUT2D eigenvalue weighted by Gasteiger charge is -2.00. The highest BCUT2D eigenvalue weighted by Gasteiger charge is 2.13. The summed E-state index contributed by atoms with van der Waals surface area (Å²) in [6.07, 6.45) is 0.00967. The van der Waals surface area contributed by atoms with Crippen molar-refractivity contribution in [2.75, 3.05) is 0 Å². The van der Waals surface area contributed by atoms with Gasteiger partial charge >= 0.3 is 0 Å². The van der Waals surface area contributed by atoms with Gasteiger partial charge in [-0.05, 0) is 40.2 Å². The van der Waals surface area contributed by atoms with Crippen molar-refractivity contribution in [2.24, 2.45) is 0 Å². The van der Waals surface area contributed by atoms with Gasteiger partial charge in [0, 0.05) is 5.56 Å². The quantitative estimate of drug-likeness (QED) is 0.676. The summed E-state index contributed by atoms with van der Waals surface area (Å²) in [6, 6.07) is 11.6. The summed E-state index contributed by atoms with van der Waals surface area (Å²) in [5, 5.41) is 0. The molecule has 0 bridgehead atoms. The van der Waals surface area contributed by atoms with Gasteiger partial charge in [0.05, 0.1) is 10.9 Å². The van der Waals surface area contributed by atoms with E-state index < -0.39 is 5.82 Å². The molecule has 0 aliphatic carbocycles. The van der Waals surface area contributed by atoms with Crippen molar-refractivity contribution in [3.05, 3.63) is 64.2 Å². The Balaban J connectivity index is 1.86. The molecule has 0 aliphatic heterocycles. The van der Waals surface area contributed by atoms with Crippen LogP contribution in [0, 0.1) is 5.82 Å². The van der Waals surface area contributed by atoms with E-state index >= 15 is 0 Å². The number of aromatic nitrogens is 1. The van der Waals surface area contributed by atoms with Crippen LogP contribution < -0.4 is 0 Å². The molecule has 5 heteroatoms. The molecule has 0 radical (unpaired) electrons. The van der Waals surface area contributed by atoms with E-state index in [0.29, 0.717) is 27.0 Å². The Bertz CT molecular complexity index is 764. The topological polar surface area (TPSA) is 43.1 Å². The van der Waals surface area contributed by atoms with Gasteiger partial charge in [0.1, 0.15) is 11.3 Å². The fourth-order valence-electron chi connectivity index (χ4n) is 1.90. The summed E-state index contributed by atoms with van der Waals surface area (Å²) in [5.74, 6) is -0.365. The van der Waals surface area contributed by atoms with E-state index in [0.717, 1.165) is 0 Å². The van der Waals surface area contributed by atoms with Crippen molar-refractivity contribution >= 4 is 32.8 Å². The van der Waals surface area contributed by atoms with Crippen LogP contribution in [0.5, 0.6) is 0 Å². The second-order valence-corrected chi connectivity index (χ2v) is 5.16. The molecule has 3 rings (SSSR count). The van der Waals surface area contributed by atoms with Crippen LogP contribution in [-0.2, 0) is 6.42 Å². The molecule has 3 aromatic rings. The second-order valence-electron chi connectivity index (χ2n) is 4.30. The third kappa shape index (κ3) is 2.49. The molecule has 0 atom stereocenters. The minimum Gasteiger partial charge on any atom is -0.440 e. The van der Waals surface area contributed by atoms with Gasteiger partial charge in [0.2, 0.25) is 5.89 Å². The predicted octanol–water partition coefficient (Wildman–Crippen LogP) is 4.15. The van der Waals surface area contributed by atoms with Crippen molar-refractivity contribution in [3.63, 3.8) is 0 Å². The van der Waals surface area contributed by atoms with E-state index in [-0.39, 0.29) is 12.2 Å². The molecule has 0 unspecified atom stereocenters. The number of carbonyl (C=O) groups is 1. The standard InChI is InChI=1S/C15H9BrFNO2/c16-10-6-5-9(7-11(10)17)13(19)8-15-18-12-3-1-2-4-14(12)20-15/h1-7H,8H2. The van der Waals surface area contributed by atoms with Crippen LogP contribution in [0.3, 0.4) is 0 Å². The fraction of sp³-hybridized carbons (Fsp3) is 0.0667. The highest BCUT2D eigenvalue weighted by Crippen LogP contribution is 2.19. The Labute approximate surface area is 122 Å². The maximum absolute atomic E-state index is 13.4. The number of carbonyl (C=O) groups excluding carboxylic acids is 1. The van der Waals surface area contributed by atoms with E-state index in [1.165, 1.54) is 12.1 Å². The van der Waals surface area contributed by atoms with Gasteiger partial charge in [-0.2, -0.15) is 0 Å². The number of Topliss-reactive ketones (excluding diaryl/α,β-unsaturated/α-hetero) is 1. The predicted molar refractivity (Wildman–Crippen MR) is 76.1 cm³/mol. The number of rotatable bonds is 3. The van der Waals surface area contributed by atoms with Gasteiger partial charge in [0.15, 0.2) is 11.4 Å². The number of halogens is 2. The Morgan fingerprint density at radius 2 is 2.05 bits per heavy atom. The van der Waals surface area contributed by atoms with E-state index in [2.05, 4.69) is 20.9 Å². The smallest absolute Gasteiger partial charge is 0.203 e. The molecule has 3 nitrogen and oxygen atoms in total. The molecule has 0 saturated carbocycles. The summed E-state index contributed by atoms with van der Waals surface area (Å²) in [5.41, 5.74) is 1.64. The Hall–Kier alpha value is -2.01. The van der Waals surface area contributed by atoms with Crippen molar-refractivity contribution in [3.8, 4) is 0 Å². The third-order valence-electron chi connectivity index (χ3n) is 2.89. The summed E-state index contributed by atoms with van der Waals surface area (Å²) in [7, 11) is 0. The van der Waals surface area contributed by atoms with Crippen LogP contribution in [-0.4, -0.2) is 10.8 Å². The lowest BCUT2D eigenvalue weighted by Crippen LogP contribution is -2.04. The highest BCUT2D eigenvalue weighted by molar-refractivity contribution is 9.10. The largest absolute Gasteiger partial charge is 0.440 e. The molecule has 1 heterocycles. The zero-order valence-electron chi connectivity index (χ0n) is 10.3. The number of hydrogen-bond donors (Lipinski definition) is 0. The number of oxazole rings is 1. The molecule has 100 valence electrons. The number of ketones is 1. The SMILES string of the molecule is O=C(Cc1nc2ccccc2o1)c1ccc(Br)c(F)c1. The van der Waals surface area contributed by atoms with E-state index in [1.807, 2.05) is 18.2 Å². The van der Waals surface area contributed by atoms with Crippen LogP contribution in [0.25, 0.3) is 11.1 Å². The molecular formula is C15H9BrFNO2. The number of benzene rings is 2. The zero-order chi connectivity index (χ0) is 14.1. The van der Waals surface area contributed by atoms with E-state index in [1.54, 1.807) is 12.1 Å². The number of fused-ring (bicyclic) bond motifs is 1. The molecule has 1 aromatic heterocycles. The van der Waals surface area contributed by atoms with Crippen molar-refractivity contribution in [1.29, 1.82) is 0 Å². The molecule has 0 spiro atoms. The first-order valence-corrected chi connectivity index (χ1v) is 6.75. The molecule has 0 amide bonds. The number of hydrogen-bond acceptors (Lipinski definition) is 3. The minimum absolute atomic E-state index is 0.00967. The van der Waals surface area contributed by atoms with Crippen LogP contribution >= 0.6 is 15.9 Å². The third-order valence-corrected chi connectivity index (χ3v) is 3.53. The molecule has 20 heavy (non-hydrogen) atoms. The lowest BCUT2D eigenvalue weighted by molar-refractivity contribution is 0.0985. The molecule has 0 N–H and O–H groups in total. The van der Waals surface area contributed by atoms with Crippen molar-refractivity contribution in [2.45, 2.75) is 6.42 Å². The van der Waals surface area contributed by atoms with E-state index in [4.69, 9.17) is 4.42 Å². The summed E-state index contributed by atoms with van der Waals surface area (Å²) < 4.78 is 19.2. The van der Waals surface area contributed by atoms with Gasteiger partial charge in [-0.25, -0.2) is 9.37 Å². The molecular weight excluding hydrogens is 325 g/mol. The first-order chi connectivity index (χ1) is 9.63. The Kier molecular flexibility index (Phi) is 3.36. The fourth-order valence-corrected chi connectivity index (χ4v) is 2.15. The van der Waals surface area contributed by atoms with Gasteiger partial charge in [-0.3, -0.25) is 4.79 Å². The average molecular weight is 334 g/mol. The monoisotopic (exact) mass is 333 g/mol. The second kappa shape index (κ2) is 5.17. The van der Waals surface area contributed by atoms with Crippen LogP contribution in [0.15, 0.2) is 51.4 Å². The Morgan fingerprint density at radius 3 is 2.80 bits per heavy atom. The maximum Gasteiger partial charge on any atom is 0.203 e. The van der Waals surface area contributed by atoms with Gasteiger partial charge < -0.3 is 4.42 Å². The maximum atomic E-state index is 13.4. The highest BCUT2D eigenvalue weighted by atomic mass is 79.9. The summed E-state index contributed by atoms with van der Waals surface area (Å²) in [4.78, 5) is 16.3. The van der Waals surface area contributed by atoms with Crippen molar-refractivity contribution in [1.82, 2.24) is 4.98 Å². The lowest BCUT2D eigenvalue weighted by atomic mass is 10.1. The molecule has 0 fully saturated rings. The Morgan fingerprint density at radius 1 is 1.25 bits per heavy atom. The number of nitrogens with zero attached hydrogens (tertiary/aromatic N) is 1. The van der Waals surface area contributed by atoms with Gasteiger partial charge in [-0.1, -0.05) is 18.2 Å². The minimum atomic E-state index is -0.464. The first-order valence-electron chi connectivity index (χ1n) is 5.96.